The molecule has 29 heavy (non-hydrogen) atoms. The average Bonchev–Trinajstić information content (AvgIpc) is 3.44. The van der Waals surface area contributed by atoms with Crippen LogP contribution >= 0.6 is 15.9 Å². The van der Waals surface area contributed by atoms with Crippen LogP contribution in [0.15, 0.2) is 50.9 Å². The maximum absolute atomic E-state index is 12.6. The van der Waals surface area contributed by atoms with E-state index in [1.807, 2.05) is 28.9 Å². The summed E-state index contributed by atoms with van der Waals surface area (Å²) in [4.78, 5) is 47.9. The predicted octanol–water partition coefficient (Wildman–Crippen LogP) is 1.76. The molecular weight excluding hydrogens is 440 g/mol. The fourth-order valence-electron chi connectivity index (χ4n) is 3.31. The second kappa shape index (κ2) is 6.66. The summed E-state index contributed by atoms with van der Waals surface area (Å²) in [5.74, 6) is -0.374. The normalized spacial score (nSPS) is 13.8. The number of amides is 1. The Balaban J connectivity index is 1.41. The van der Waals surface area contributed by atoms with E-state index in [0.717, 1.165) is 23.0 Å². The Morgan fingerprint density at radius 3 is 2.90 bits per heavy atom. The zero-order valence-electron chi connectivity index (χ0n) is 15.1. The van der Waals surface area contributed by atoms with Crippen LogP contribution in [0.1, 0.15) is 34.9 Å². The van der Waals surface area contributed by atoms with Gasteiger partial charge in [-0.2, -0.15) is 0 Å². The topological polar surface area (TPSA) is 114 Å². The summed E-state index contributed by atoms with van der Waals surface area (Å²) in [5, 5.41) is 3.01. The Morgan fingerprint density at radius 2 is 2.10 bits per heavy atom. The van der Waals surface area contributed by atoms with Gasteiger partial charge < -0.3 is 9.72 Å². The Hall–Kier alpha value is -3.27. The second-order valence-corrected chi connectivity index (χ2v) is 7.90. The summed E-state index contributed by atoms with van der Waals surface area (Å²) in [6.45, 7) is 0.230. The van der Waals surface area contributed by atoms with Gasteiger partial charge in [0.05, 0.1) is 23.2 Å². The highest BCUT2D eigenvalue weighted by Crippen LogP contribution is 2.34. The molecular formula is C19H15BrN6O3. The van der Waals surface area contributed by atoms with Crippen LogP contribution in [0.2, 0.25) is 0 Å². The Bertz CT molecular complexity index is 1400. The molecule has 1 aliphatic carbocycles. The van der Waals surface area contributed by atoms with Gasteiger partial charge in [0.2, 0.25) is 0 Å². The number of rotatable bonds is 4. The average molecular weight is 455 g/mol. The Morgan fingerprint density at radius 1 is 1.28 bits per heavy atom. The molecule has 10 heteroatoms. The third-order valence-electron chi connectivity index (χ3n) is 4.85. The van der Waals surface area contributed by atoms with Crippen LogP contribution < -0.4 is 16.6 Å². The van der Waals surface area contributed by atoms with E-state index in [9.17, 15) is 14.4 Å². The first-order valence-electron chi connectivity index (χ1n) is 9.05. The van der Waals surface area contributed by atoms with Crippen LogP contribution in [0.3, 0.4) is 0 Å². The molecule has 0 bridgehead atoms. The van der Waals surface area contributed by atoms with Crippen molar-refractivity contribution in [2.75, 3.05) is 0 Å². The van der Waals surface area contributed by atoms with Crippen molar-refractivity contribution in [1.82, 2.24) is 29.2 Å². The minimum absolute atomic E-state index is 0.0594. The number of H-pyrrole nitrogens is 1. The molecule has 0 radical (unpaired) electrons. The lowest BCUT2D eigenvalue weighted by Crippen LogP contribution is -2.31. The van der Waals surface area contributed by atoms with Gasteiger partial charge >= 0.3 is 5.69 Å². The minimum atomic E-state index is -0.546. The number of carbonyl (C=O) groups excluding carboxylic acids is 1. The number of nitrogens with zero attached hydrogens (tertiary/aromatic N) is 4. The lowest BCUT2D eigenvalue weighted by Gasteiger charge is -2.08. The fourth-order valence-corrected chi connectivity index (χ4v) is 3.66. The van der Waals surface area contributed by atoms with Crippen LogP contribution in [0.25, 0.3) is 16.7 Å². The number of aromatic nitrogens is 5. The van der Waals surface area contributed by atoms with Crippen molar-refractivity contribution in [2.24, 2.45) is 0 Å². The van der Waals surface area contributed by atoms with Gasteiger partial charge in [0.15, 0.2) is 0 Å². The number of pyridine rings is 2. The van der Waals surface area contributed by atoms with E-state index in [1.165, 1.54) is 16.8 Å². The van der Waals surface area contributed by atoms with Crippen molar-refractivity contribution in [1.29, 1.82) is 0 Å². The van der Waals surface area contributed by atoms with E-state index in [0.29, 0.717) is 11.3 Å². The molecule has 2 N–H and O–H groups in total. The SMILES string of the molecule is O=C(NCc1cn2cc(Br)ccc2n1)c1cnc2c(c1)c(=O)[nH]c(=O)n2C1CC1. The first kappa shape index (κ1) is 17.8. The summed E-state index contributed by atoms with van der Waals surface area (Å²) >= 11 is 3.41. The third kappa shape index (κ3) is 3.25. The molecule has 4 aromatic heterocycles. The van der Waals surface area contributed by atoms with Gasteiger partial charge in [0.1, 0.15) is 11.3 Å². The van der Waals surface area contributed by atoms with Crippen LogP contribution in [0, 0.1) is 0 Å². The highest BCUT2D eigenvalue weighted by Gasteiger charge is 2.27. The van der Waals surface area contributed by atoms with Gasteiger partial charge in [0, 0.05) is 29.1 Å². The molecule has 0 aromatic carbocycles. The number of aromatic amines is 1. The third-order valence-corrected chi connectivity index (χ3v) is 5.32. The zero-order chi connectivity index (χ0) is 20.1. The van der Waals surface area contributed by atoms with E-state index in [2.05, 4.69) is 36.2 Å². The van der Waals surface area contributed by atoms with Crippen molar-refractivity contribution < 1.29 is 4.79 Å². The van der Waals surface area contributed by atoms with Crippen LogP contribution in [-0.2, 0) is 6.54 Å². The molecule has 1 saturated carbocycles. The first-order chi connectivity index (χ1) is 14.0. The Kier molecular flexibility index (Phi) is 4.09. The van der Waals surface area contributed by atoms with Gasteiger partial charge in [-0.25, -0.2) is 14.8 Å². The highest BCUT2D eigenvalue weighted by atomic mass is 79.9. The van der Waals surface area contributed by atoms with Crippen LogP contribution in [-0.4, -0.2) is 29.8 Å². The standard InChI is InChI=1S/C19H15BrN6O3/c20-11-1-4-15-23-12(9-25(15)8-11)7-22-17(27)10-5-14-16(21-6-10)26(13-2-3-13)19(29)24-18(14)28/h1,4-6,8-9,13H,2-3,7H2,(H,22,27)(H,24,28,29). The lowest BCUT2D eigenvalue weighted by atomic mass is 10.2. The molecule has 0 spiro atoms. The largest absolute Gasteiger partial charge is 0.346 e. The van der Waals surface area contributed by atoms with Gasteiger partial charge in [-0.3, -0.25) is 19.1 Å². The number of halogens is 1. The van der Waals surface area contributed by atoms with Crippen LogP contribution in [0.5, 0.6) is 0 Å². The molecule has 9 nitrogen and oxygen atoms in total. The highest BCUT2D eigenvalue weighted by molar-refractivity contribution is 9.10. The number of imidazole rings is 1. The molecule has 1 amide bonds. The zero-order valence-corrected chi connectivity index (χ0v) is 16.6. The van der Waals surface area contributed by atoms with Gasteiger partial charge in [0.25, 0.3) is 11.5 Å². The van der Waals surface area contributed by atoms with E-state index < -0.39 is 11.2 Å². The smallest absolute Gasteiger partial charge is 0.330 e. The van der Waals surface area contributed by atoms with E-state index in [-0.39, 0.29) is 29.4 Å². The molecule has 1 aliphatic rings. The predicted molar refractivity (Wildman–Crippen MR) is 109 cm³/mol. The molecule has 0 aliphatic heterocycles. The molecule has 5 rings (SSSR count). The van der Waals surface area contributed by atoms with E-state index in [4.69, 9.17) is 0 Å². The van der Waals surface area contributed by atoms with Crippen molar-refractivity contribution >= 4 is 38.5 Å². The second-order valence-electron chi connectivity index (χ2n) is 6.98. The maximum Gasteiger partial charge on any atom is 0.330 e. The summed E-state index contributed by atoms with van der Waals surface area (Å²) in [6.07, 6.45) is 6.85. The molecule has 1 fully saturated rings. The summed E-state index contributed by atoms with van der Waals surface area (Å²) in [7, 11) is 0. The van der Waals surface area contributed by atoms with E-state index >= 15 is 0 Å². The van der Waals surface area contributed by atoms with Gasteiger partial charge in [-0.15, -0.1) is 0 Å². The van der Waals surface area contributed by atoms with Crippen molar-refractivity contribution in [3.63, 3.8) is 0 Å². The fraction of sp³-hybridized carbons (Fsp3) is 0.211. The summed E-state index contributed by atoms with van der Waals surface area (Å²) < 4.78 is 4.28. The Labute approximate surface area is 171 Å². The van der Waals surface area contributed by atoms with Crippen molar-refractivity contribution in [3.05, 3.63) is 73.4 Å². The molecule has 0 unspecified atom stereocenters. The lowest BCUT2D eigenvalue weighted by molar-refractivity contribution is 0.0950. The molecule has 4 heterocycles. The summed E-state index contributed by atoms with van der Waals surface area (Å²) in [6, 6.07) is 5.29. The quantitative estimate of drug-likeness (QED) is 0.487. The van der Waals surface area contributed by atoms with Gasteiger partial charge in [-0.05, 0) is 47.0 Å². The van der Waals surface area contributed by atoms with Crippen molar-refractivity contribution in [2.45, 2.75) is 25.4 Å². The number of hydrogen-bond acceptors (Lipinski definition) is 5. The number of nitrogens with one attached hydrogen (secondary N) is 2. The monoisotopic (exact) mass is 454 g/mol. The first-order valence-corrected chi connectivity index (χ1v) is 9.85. The summed E-state index contributed by atoms with van der Waals surface area (Å²) in [5.41, 5.74) is 1.02. The minimum Gasteiger partial charge on any atom is -0.346 e. The number of hydrogen-bond donors (Lipinski definition) is 2. The molecule has 4 aromatic rings. The maximum atomic E-state index is 12.6. The van der Waals surface area contributed by atoms with Crippen LogP contribution in [0.4, 0.5) is 0 Å². The number of fused-ring (bicyclic) bond motifs is 2. The molecule has 0 saturated heterocycles. The molecule has 0 atom stereocenters. The molecule has 146 valence electrons. The number of carbonyl (C=O) groups is 1. The van der Waals surface area contributed by atoms with Gasteiger partial charge in [-0.1, -0.05) is 0 Å². The van der Waals surface area contributed by atoms with Crippen molar-refractivity contribution in [3.8, 4) is 0 Å². The van der Waals surface area contributed by atoms with E-state index in [1.54, 1.807) is 0 Å².